The van der Waals surface area contributed by atoms with Gasteiger partial charge in [-0.1, -0.05) is 5.57 Å². The van der Waals surface area contributed by atoms with E-state index < -0.39 is 27.3 Å². The van der Waals surface area contributed by atoms with Crippen molar-refractivity contribution in [1.82, 2.24) is 29.3 Å². The Hall–Kier alpha value is -3.38. The van der Waals surface area contributed by atoms with E-state index in [1.807, 2.05) is 6.08 Å². The van der Waals surface area contributed by atoms with Crippen LogP contribution in [0, 0.1) is 11.2 Å². The fourth-order valence-corrected chi connectivity index (χ4v) is 6.20. The summed E-state index contributed by atoms with van der Waals surface area (Å²) in [5, 5.41) is 8.37. The van der Waals surface area contributed by atoms with Crippen LogP contribution in [0.1, 0.15) is 37.4 Å². The van der Waals surface area contributed by atoms with Crippen molar-refractivity contribution in [3.8, 4) is 5.82 Å². The molecule has 1 N–H and O–H groups in total. The highest BCUT2D eigenvalue weighted by Gasteiger charge is 2.50. The molecule has 3 aromatic heterocycles. The Bertz CT molecular complexity index is 1410. The number of nitrogens with zero attached hydrogens (tertiary/aromatic N) is 5. The molecule has 184 valence electrons. The number of aryl methyl sites for hydroxylation is 1. The van der Waals surface area contributed by atoms with Crippen LogP contribution in [0.2, 0.25) is 0 Å². The first kappa shape index (κ1) is 23.4. The molecule has 2 atom stereocenters. The van der Waals surface area contributed by atoms with Crippen LogP contribution in [0.15, 0.2) is 47.4 Å². The van der Waals surface area contributed by atoms with Crippen LogP contribution in [-0.2, 0) is 33.0 Å². The van der Waals surface area contributed by atoms with Crippen molar-refractivity contribution in [2.24, 2.45) is 12.5 Å². The van der Waals surface area contributed by atoms with E-state index in [1.165, 1.54) is 23.1 Å². The van der Waals surface area contributed by atoms with Crippen molar-refractivity contribution >= 4 is 22.1 Å². The zero-order valence-electron chi connectivity index (χ0n) is 19.3. The van der Waals surface area contributed by atoms with E-state index in [0.717, 1.165) is 23.0 Å². The van der Waals surface area contributed by atoms with E-state index in [9.17, 15) is 17.6 Å². The number of ether oxygens (including phenoxy) is 1. The number of sulfonamides is 1. The normalized spacial score (nSPS) is 21.7. The number of fused-ring (bicyclic) bond motifs is 2. The second-order valence-electron chi connectivity index (χ2n) is 8.86. The summed E-state index contributed by atoms with van der Waals surface area (Å²) in [6, 6.07) is 2.39. The third-order valence-electron chi connectivity index (χ3n) is 6.57. The van der Waals surface area contributed by atoms with Gasteiger partial charge in [0.15, 0.2) is 5.82 Å². The molecule has 0 saturated heterocycles. The molecular weight excluding hydrogens is 475 g/mol. The van der Waals surface area contributed by atoms with Gasteiger partial charge in [0.2, 0.25) is 10.0 Å². The van der Waals surface area contributed by atoms with Crippen molar-refractivity contribution in [2.75, 3.05) is 6.61 Å². The van der Waals surface area contributed by atoms with Crippen molar-refractivity contribution in [3.63, 3.8) is 0 Å². The molecule has 35 heavy (non-hydrogen) atoms. The highest BCUT2D eigenvalue weighted by Crippen LogP contribution is 2.49. The molecule has 0 bridgehead atoms. The quantitative estimate of drug-likeness (QED) is 0.515. The van der Waals surface area contributed by atoms with Crippen LogP contribution in [0.5, 0.6) is 0 Å². The predicted molar refractivity (Wildman–Crippen MR) is 123 cm³/mol. The summed E-state index contributed by atoms with van der Waals surface area (Å²) in [6.45, 7) is 1.96. The van der Waals surface area contributed by atoms with Crippen LogP contribution in [0.4, 0.5) is 4.39 Å². The number of aromatic nitrogens is 5. The van der Waals surface area contributed by atoms with Crippen LogP contribution < -0.4 is 4.72 Å². The predicted octanol–water partition coefficient (Wildman–Crippen LogP) is 2.16. The SMILES string of the molecule is CCOC(=O)[C@]12Cc3cnn(-c4ccc(F)cn4)c3C=C1CC[C@H](NS(=O)(=O)c1cnn(C)c1)C2. The first-order chi connectivity index (χ1) is 16.7. The first-order valence-electron chi connectivity index (χ1n) is 11.3. The topological polar surface area (TPSA) is 121 Å². The van der Waals surface area contributed by atoms with Crippen LogP contribution in [-0.4, -0.2) is 51.6 Å². The standard InChI is InChI=1S/C23H25FN6O4S/c1-3-34-22(31)23-9-15-11-27-30(21-7-5-17(24)12-25-21)20(15)8-16(23)4-6-18(10-23)28-35(32,33)19-13-26-29(2)14-19/h5,7-8,11-14,18,28H,3-4,6,9-10H2,1-2H3/t18-,23-/m0/s1. The van der Waals surface area contributed by atoms with Crippen molar-refractivity contribution < 1.29 is 22.3 Å². The number of esters is 1. The minimum absolute atomic E-state index is 0.0746. The number of halogens is 1. The number of hydrogen-bond donors (Lipinski definition) is 1. The average Bonchev–Trinajstić information content (AvgIpc) is 3.44. The summed E-state index contributed by atoms with van der Waals surface area (Å²) in [5.74, 6) is -0.359. The fourth-order valence-electron chi connectivity index (χ4n) is 4.95. The van der Waals surface area contributed by atoms with Gasteiger partial charge in [-0.15, -0.1) is 0 Å². The Balaban J connectivity index is 1.48. The number of carbonyl (C=O) groups excluding carboxylic acids is 1. The summed E-state index contributed by atoms with van der Waals surface area (Å²) in [7, 11) is -2.15. The molecule has 2 aliphatic carbocycles. The molecule has 0 aromatic carbocycles. The number of pyridine rings is 1. The van der Waals surface area contributed by atoms with E-state index >= 15 is 0 Å². The molecule has 2 aliphatic rings. The van der Waals surface area contributed by atoms with Crippen molar-refractivity contribution in [2.45, 2.75) is 43.5 Å². The second kappa shape index (κ2) is 8.68. The molecule has 0 spiro atoms. The monoisotopic (exact) mass is 500 g/mol. The van der Waals surface area contributed by atoms with Crippen LogP contribution in [0.3, 0.4) is 0 Å². The van der Waals surface area contributed by atoms with Crippen molar-refractivity contribution in [3.05, 3.63) is 59.6 Å². The van der Waals surface area contributed by atoms with Gasteiger partial charge in [0.05, 0.1) is 36.3 Å². The number of carbonyl (C=O) groups is 1. The molecule has 1 fully saturated rings. The lowest BCUT2D eigenvalue weighted by molar-refractivity contribution is -0.154. The van der Waals surface area contributed by atoms with Gasteiger partial charge in [0, 0.05) is 19.3 Å². The van der Waals surface area contributed by atoms with E-state index in [2.05, 4.69) is 19.9 Å². The van der Waals surface area contributed by atoms with Crippen LogP contribution in [0.25, 0.3) is 11.9 Å². The zero-order chi connectivity index (χ0) is 24.8. The van der Waals surface area contributed by atoms with Gasteiger partial charge in [-0.2, -0.15) is 10.2 Å². The first-order valence-corrected chi connectivity index (χ1v) is 12.8. The summed E-state index contributed by atoms with van der Waals surface area (Å²) in [6.07, 6.45) is 9.03. The van der Waals surface area contributed by atoms with Gasteiger partial charge in [-0.05, 0) is 56.4 Å². The van der Waals surface area contributed by atoms with Gasteiger partial charge in [-0.3, -0.25) is 9.48 Å². The van der Waals surface area contributed by atoms with Gasteiger partial charge in [0.25, 0.3) is 0 Å². The van der Waals surface area contributed by atoms with E-state index in [-0.39, 0.29) is 23.9 Å². The average molecular weight is 501 g/mol. The van der Waals surface area contributed by atoms with Gasteiger partial charge in [0.1, 0.15) is 10.7 Å². The Labute approximate surface area is 201 Å². The van der Waals surface area contributed by atoms with Gasteiger partial charge < -0.3 is 4.74 Å². The maximum atomic E-state index is 13.4. The Morgan fingerprint density at radius 1 is 1.29 bits per heavy atom. The van der Waals surface area contributed by atoms with E-state index in [4.69, 9.17) is 4.74 Å². The van der Waals surface area contributed by atoms with Gasteiger partial charge >= 0.3 is 5.97 Å². The molecule has 0 radical (unpaired) electrons. The summed E-state index contributed by atoms with van der Waals surface area (Å²) < 4.78 is 50.5. The largest absolute Gasteiger partial charge is 0.465 e. The number of nitrogens with one attached hydrogen (secondary N) is 1. The molecular formula is C23H25FN6O4S. The second-order valence-corrected chi connectivity index (χ2v) is 10.6. The molecule has 12 heteroatoms. The molecule has 10 nitrogen and oxygen atoms in total. The smallest absolute Gasteiger partial charge is 0.316 e. The van der Waals surface area contributed by atoms with Crippen molar-refractivity contribution in [1.29, 1.82) is 0 Å². The highest BCUT2D eigenvalue weighted by atomic mass is 32.2. The third-order valence-corrected chi connectivity index (χ3v) is 8.04. The Morgan fingerprint density at radius 3 is 2.80 bits per heavy atom. The summed E-state index contributed by atoms with van der Waals surface area (Å²) >= 11 is 0. The third kappa shape index (κ3) is 4.16. The zero-order valence-corrected chi connectivity index (χ0v) is 20.1. The lowest BCUT2D eigenvalue weighted by atomic mass is 9.63. The van der Waals surface area contributed by atoms with E-state index in [0.29, 0.717) is 25.1 Å². The minimum atomic E-state index is -3.80. The highest BCUT2D eigenvalue weighted by molar-refractivity contribution is 7.89. The molecule has 1 saturated carbocycles. The Kier molecular flexibility index (Phi) is 5.80. The molecule has 5 rings (SSSR count). The number of hydrogen-bond acceptors (Lipinski definition) is 7. The molecule has 3 aromatic rings. The lowest BCUT2D eigenvalue weighted by Crippen LogP contribution is -2.49. The molecule has 0 amide bonds. The summed E-state index contributed by atoms with van der Waals surface area (Å²) in [4.78, 5) is 17.5. The number of rotatable bonds is 6. The Morgan fingerprint density at radius 2 is 2.11 bits per heavy atom. The molecule has 3 heterocycles. The maximum Gasteiger partial charge on any atom is 0.316 e. The minimum Gasteiger partial charge on any atom is -0.465 e. The lowest BCUT2D eigenvalue weighted by Gasteiger charge is -2.43. The fraction of sp³-hybridized carbons (Fsp3) is 0.391. The maximum absolute atomic E-state index is 13.4. The van der Waals surface area contributed by atoms with Gasteiger partial charge in [-0.25, -0.2) is 27.2 Å². The summed E-state index contributed by atoms with van der Waals surface area (Å²) in [5.41, 5.74) is 1.44. The van der Waals surface area contributed by atoms with Crippen LogP contribution >= 0.6 is 0 Å². The molecule has 0 aliphatic heterocycles. The van der Waals surface area contributed by atoms with E-state index in [1.54, 1.807) is 30.9 Å². The molecule has 0 unspecified atom stereocenters.